The summed E-state index contributed by atoms with van der Waals surface area (Å²) in [5.74, 6) is -0.877. The number of carboxylic acids is 1. The first-order valence-electron chi connectivity index (χ1n) is 3.49. The Morgan fingerprint density at radius 2 is 2.30 bits per heavy atom. The molecule has 3 heteroatoms. The second-order valence-corrected chi connectivity index (χ2v) is 3.13. The van der Waals surface area contributed by atoms with Crippen molar-refractivity contribution in [3.63, 3.8) is 0 Å². The lowest BCUT2D eigenvalue weighted by Gasteiger charge is -2.21. The van der Waals surface area contributed by atoms with Crippen molar-refractivity contribution in [2.75, 3.05) is 0 Å². The smallest absolute Gasteiger partial charge is 0.311 e. The SMILES string of the molecule is CC1(C(=O)O)CCC[C@H]1O. The van der Waals surface area contributed by atoms with E-state index < -0.39 is 17.5 Å². The molecule has 0 bridgehead atoms. The minimum absolute atomic E-state index is 0.601. The lowest BCUT2D eigenvalue weighted by Crippen LogP contribution is -2.34. The van der Waals surface area contributed by atoms with Crippen LogP contribution < -0.4 is 0 Å². The summed E-state index contributed by atoms with van der Waals surface area (Å²) < 4.78 is 0. The first kappa shape index (κ1) is 7.54. The average molecular weight is 144 g/mol. The van der Waals surface area contributed by atoms with Crippen LogP contribution in [0.15, 0.2) is 0 Å². The molecule has 0 amide bonds. The summed E-state index contributed by atoms with van der Waals surface area (Å²) in [6, 6.07) is 0. The van der Waals surface area contributed by atoms with Crippen molar-refractivity contribution in [2.45, 2.75) is 32.3 Å². The minimum Gasteiger partial charge on any atom is -0.481 e. The third kappa shape index (κ3) is 0.904. The number of hydrogen-bond donors (Lipinski definition) is 2. The zero-order chi connectivity index (χ0) is 7.78. The molecule has 0 aliphatic heterocycles. The van der Waals surface area contributed by atoms with Gasteiger partial charge in [0.05, 0.1) is 11.5 Å². The molecule has 1 fully saturated rings. The molecular weight excluding hydrogens is 132 g/mol. The van der Waals surface area contributed by atoms with Gasteiger partial charge in [0.25, 0.3) is 0 Å². The maximum atomic E-state index is 10.6. The predicted molar refractivity (Wildman–Crippen MR) is 35.6 cm³/mol. The molecule has 1 aliphatic carbocycles. The fourth-order valence-corrected chi connectivity index (χ4v) is 1.40. The molecule has 10 heavy (non-hydrogen) atoms. The van der Waals surface area contributed by atoms with Gasteiger partial charge in [0, 0.05) is 0 Å². The molecule has 1 aliphatic rings. The first-order chi connectivity index (χ1) is 4.57. The van der Waals surface area contributed by atoms with Crippen LogP contribution in [0.4, 0.5) is 0 Å². The van der Waals surface area contributed by atoms with Crippen LogP contribution in [0.1, 0.15) is 26.2 Å². The van der Waals surface area contributed by atoms with E-state index in [-0.39, 0.29) is 0 Å². The van der Waals surface area contributed by atoms with Crippen LogP contribution in [0, 0.1) is 5.41 Å². The zero-order valence-electron chi connectivity index (χ0n) is 6.00. The highest BCUT2D eigenvalue weighted by molar-refractivity contribution is 5.75. The van der Waals surface area contributed by atoms with Crippen molar-refractivity contribution in [2.24, 2.45) is 5.41 Å². The third-order valence-electron chi connectivity index (χ3n) is 2.40. The van der Waals surface area contributed by atoms with E-state index in [0.717, 1.165) is 6.42 Å². The third-order valence-corrected chi connectivity index (χ3v) is 2.40. The van der Waals surface area contributed by atoms with Gasteiger partial charge < -0.3 is 10.2 Å². The number of carbonyl (C=O) groups is 1. The lowest BCUT2D eigenvalue weighted by molar-refractivity contribution is -0.152. The van der Waals surface area contributed by atoms with Gasteiger partial charge in [0.15, 0.2) is 0 Å². The first-order valence-corrected chi connectivity index (χ1v) is 3.49. The van der Waals surface area contributed by atoms with Crippen LogP contribution in [0.3, 0.4) is 0 Å². The van der Waals surface area contributed by atoms with Gasteiger partial charge in [-0.05, 0) is 26.2 Å². The number of hydrogen-bond acceptors (Lipinski definition) is 2. The molecule has 0 spiro atoms. The predicted octanol–water partition coefficient (Wildman–Crippen LogP) is 0.622. The number of aliphatic hydroxyl groups excluding tert-OH is 1. The Kier molecular flexibility index (Phi) is 1.68. The van der Waals surface area contributed by atoms with Crippen molar-refractivity contribution in [1.82, 2.24) is 0 Å². The second-order valence-electron chi connectivity index (χ2n) is 3.13. The molecule has 2 N–H and O–H groups in total. The number of aliphatic hydroxyl groups is 1. The summed E-state index contributed by atoms with van der Waals surface area (Å²) in [7, 11) is 0. The highest BCUT2D eigenvalue weighted by atomic mass is 16.4. The Morgan fingerprint density at radius 1 is 1.70 bits per heavy atom. The largest absolute Gasteiger partial charge is 0.481 e. The number of rotatable bonds is 1. The van der Waals surface area contributed by atoms with Crippen LogP contribution in [-0.2, 0) is 4.79 Å². The molecular formula is C7H12O3. The highest BCUT2D eigenvalue weighted by Gasteiger charge is 2.44. The van der Waals surface area contributed by atoms with E-state index in [2.05, 4.69) is 0 Å². The number of carboxylic acid groups (broad SMARTS) is 1. The van der Waals surface area contributed by atoms with Crippen LogP contribution >= 0.6 is 0 Å². The maximum Gasteiger partial charge on any atom is 0.311 e. The topological polar surface area (TPSA) is 57.5 Å². The fraction of sp³-hybridized carbons (Fsp3) is 0.857. The maximum absolute atomic E-state index is 10.6. The van der Waals surface area contributed by atoms with Crippen LogP contribution in [0.2, 0.25) is 0 Å². The molecule has 1 unspecified atom stereocenters. The van der Waals surface area contributed by atoms with Crippen molar-refractivity contribution < 1.29 is 15.0 Å². The fourth-order valence-electron chi connectivity index (χ4n) is 1.40. The summed E-state index contributed by atoms with van der Waals surface area (Å²) in [5, 5.41) is 17.9. The van der Waals surface area contributed by atoms with Gasteiger partial charge in [-0.1, -0.05) is 0 Å². The van der Waals surface area contributed by atoms with Gasteiger partial charge in [-0.2, -0.15) is 0 Å². The van der Waals surface area contributed by atoms with Crippen molar-refractivity contribution in [3.8, 4) is 0 Å². The molecule has 0 radical (unpaired) electrons. The van der Waals surface area contributed by atoms with E-state index in [9.17, 15) is 9.90 Å². The van der Waals surface area contributed by atoms with E-state index in [1.54, 1.807) is 6.92 Å². The second kappa shape index (κ2) is 2.23. The lowest BCUT2D eigenvalue weighted by atomic mass is 9.87. The van der Waals surface area contributed by atoms with Gasteiger partial charge in [-0.15, -0.1) is 0 Å². The van der Waals surface area contributed by atoms with Crippen LogP contribution in [0.5, 0.6) is 0 Å². The Labute approximate surface area is 59.7 Å². The summed E-state index contributed by atoms with van der Waals surface area (Å²) in [4.78, 5) is 10.6. The molecule has 1 rings (SSSR count). The normalized spacial score (nSPS) is 40.0. The molecule has 0 aromatic rings. The van der Waals surface area contributed by atoms with Crippen LogP contribution in [-0.4, -0.2) is 22.3 Å². The van der Waals surface area contributed by atoms with Gasteiger partial charge in [0.1, 0.15) is 0 Å². The van der Waals surface area contributed by atoms with E-state index in [1.807, 2.05) is 0 Å². The van der Waals surface area contributed by atoms with Gasteiger partial charge in [-0.3, -0.25) is 4.79 Å². The standard InChI is InChI=1S/C7H12O3/c1-7(6(9)10)4-2-3-5(7)8/h5,8H,2-4H2,1H3,(H,9,10)/t5-,7?/m1/s1. The van der Waals surface area contributed by atoms with Crippen molar-refractivity contribution in [1.29, 1.82) is 0 Å². The number of aliphatic carboxylic acids is 1. The van der Waals surface area contributed by atoms with Gasteiger partial charge in [0.2, 0.25) is 0 Å². The monoisotopic (exact) mass is 144 g/mol. The van der Waals surface area contributed by atoms with E-state index >= 15 is 0 Å². The Bertz CT molecular complexity index is 155. The Hall–Kier alpha value is -0.570. The summed E-state index contributed by atoms with van der Waals surface area (Å²) in [5.41, 5.74) is -0.875. The van der Waals surface area contributed by atoms with E-state index in [4.69, 9.17) is 5.11 Å². The molecule has 58 valence electrons. The minimum atomic E-state index is -0.877. The molecule has 3 nitrogen and oxygen atoms in total. The summed E-state index contributed by atoms with van der Waals surface area (Å²) in [6.07, 6.45) is 1.40. The van der Waals surface area contributed by atoms with E-state index in [1.165, 1.54) is 0 Å². The molecule has 2 atom stereocenters. The molecule has 0 saturated heterocycles. The Balaban J connectivity index is 2.75. The molecule has 1 saturated carbocycles. The molecule has 0 aromatic heterocycles. The quantitative estimate of drug-likeness (QED) is 0.567. The highest BCUT2D eigenvalue weighted by Crippen LogP contribution is 2.37. The van der Waals surface area contributed by atoms with Crippen molar-refractivity contribution in [3.05, 3.63) is 0 Å². The summed E-state index contributed by atoms with van der Waals surface area (Å²) >= 11 is 0. The average Bonchev–Trinajstić information content (AvgIpc) is 2.15. The van der Waals surface area contributed by atoms with E-state index in [0.29, 0.717) is 12.8 Å². The van der Waals surface area contributed by atoms with Gasteiger partial charge >= 0.3 is 5.97 Å². The van der Waals surface area contributed by atoms with Crippen molar-refractivity contribution >= 4 is 5.97 Å². The molecule has 0 heterocycles. The zero-order valence-corrected chi connectivity index (χ0v) is 6.00. The van der Waals surface area contributed by atoms with Gasteiger partial charge in [-0.25, -0.2) is 0 Å². The Morgan fingerprint density at radius 3 is 2.50 bits per heavy atom. The molecule has 0 aromatic carbocycles. The van der Waals surface area contributed by atoms with Crippen LogP contribution in [0.25, 0.3) is 0 Å². The summed E-state index contributed by atoms with van der Waals surface area (Å²) in [6.45, 7) is 1.60.